The second-order valence-electron chi connectivity index (χ2n) is 5.81. The van der Waals surface area contributed by atoms with Gasteiger partial charge in [-0.3, -0.25) is 9.69 Å². The van der Waals surface area contributed by atoms with E-state index in [1.165, 1.54) is 0 Å². The Morgan fingerprint density at radius 1 is 1.17 bits per heavy atom. The van der Waals surface area contributed by atoms with Gasteiger partial charge in [0.05, 0.1) is 25.9 Å². The summed E-state index contributed by atoms with van der Waals surface area (Å²) in [6.45, 7) is 3.48. The molecule has 1 heterocycles. The summed E-state index contributed by atoms with van der Waals surface area (Å²) in [4.78, 5) is 14.0. The topological polar surface area (TPSA) is 61.8 Å². The first kappa shape index (κ1) is 15.9. The van der Waals surface area contributed by atoms with Gasteiger partial charge in [0.25, 0.3) is 0 Å². The Bertz CT molecular complexity index is 668. The Labute approximate surface area is 135 Å². The van der Waals surface area contributed by atoms with Crippen LogP contribution in [0.3, 0.4) is 0 Å². The van der Waals surface area contributed by atoms with Gasteiger partial charge in [-0.25, -0.2) is 0 Å². The smallest absolute Gasteiger partial charge is 0.234 e. The van der Waals surface area contributed by atoms with Crippen molar-refractivity contribution in [1.29, 1.82) is 0 Å². The van der Waals surface area contributed by atoms with E-state index in [1.807, 2.05) is 42.5 Å². The zero-order chi connectivity index (χ0) is 16.1. The number of aliphatic hydroxyl groups excluding tert-OH is 1. The van der Waals surface area contributed by atoms with Gasteiger partial charge in [-0.15, -0.1) is 0 Å². The predicted octanol–water partition coefficient (Wildman–Crippen LogP) is 1.32. The van der Waals surface area contributed by atoms with Gasteiger partial charge in [0.1, 0.15) is 0 Å². The fourth-order valence-corrected chi connectivity index (χ4v) is 2.76. The van der Waals surface area contributed by atoms with Gasteiger partial charge < -0.3 is 15.2 Å². The van der Waals surface area contributed by atoms with Crippen LogP contribution in [0.25, 0.3) is 10.8 Å². The van der Waals surface area contributed by atoms with Crippen molar-refractivity contribution in [2.75, 3.05) is 39.4 Å². The Morgan fingerprint density at radius 3 is 2.70 bits per heavy atom. The summed E-state index contributed by atoms with van der Waals surface area (Å²) in [6.07, 6.45) is -0.701. The largest absolute Gasteiger partial charge is 0.387 e. The van der Waals surface area contributed by atoms with Gasteiger partial charge in [-0.05, 0) is 22.4 Å². The summed E-state index contributed by atoms with van der Waals surface area (Å²) in [6, 6.07) is 13.9. The number of nitrogens with one attached hydrogen (secondary N) is 1. The lowest BCUT2D eigenvalue weighted by atomic mass is 10.0. The van der Waals surface area contributed by atoms with Crippen LogP contribution in [0.15, 0.2) is 42.5 Å². The van der Waals surface area contributed by atoms with Crippen LogP contribution >= 0.6 is 0 Å². The molecule has 2 N–H and O–H groups in total. The van der Waals surface area contributed by atoms with Crippen molar-refractivity contribution in [2.24, 2.45) is 0 Å². The number of rotatable bonds is 5. The Morgan fingerprint density at radius 2 is 1.91 bits per heavy atom. The van der Waals surface area contributed by atoms with Gasteiger partial charge in [0.15, 0.2) is 0 Å². The van der Waals surface area contributed by atoms with Gasteiger partial charge in [-0.1, -0.05) is 36.4 Å². The monoisotopic (exact) mass is 314 g/mol. The predicted molar refractivity (Wildman–Crippen MR) is 89.2 cm³/mol. The minimum absolute atomic E-state index is 0.0632. The number of benzene rings is 2. The third-order valence-electron chi connectivity index (χ3n) is 4.12. The zero-order valence-corrected chi connectivity index (χ0v) is 13.1. The standard InChI is InChI=1S/C18H22N2O3/c21-17(12-19-18(22)13-20-7-9-23-10-8-20)16-6-5-14-3-1-2-4-15(14)11-16/h1-6,11,17,21H,7-10,12-13H2,(H,19,22). The molecule has 23 heavy (non-hydrogen) atoms. The average molecular weight is 314 g/mol. The maximum absolute atomic E-state index is 12.0. The van der Waals surface area contributed by atoms with Crippen LogP contribution in [-0.4, -0.2) is 55.3 Å². The highest BCUT2D eigenvalue weighted by atomic mass is 16.5. The number of carbonyl (C=O) groups excluding carboxylic acids is 1. The molecule has 0 radical (unpaired) electrons. The Hall–Kier alpha value is -1.95. The Kier molecular flexibility index (Phi) is 5.23. The molecule has 0 aromatic heterocycles. The summed E-state index contributed by atoms with van der Waals surface area (Å²) in [5.41, 5.74) is 0.815. The van der Waals surface area contributed by atoms with Crippen LogP contribution in [-0.2, 0) is 9.53 Å². The zero-order valence-electron chi connectivity index (χ0n) is 13.1. The molecule has 1 atom stereocenters. The van der Waals surface area contributed by atoms with Crippen LogP contribution in [0.1, 0.15) is 11.7 Å². The number of ether oxygens (including phenoxy) is 1. The number of amides is 1. The van der Waals surface area contributed by atoms with Crippen molar-refractivity contribution < 1.29 is 14.6 Å². The molecule has 1 saturated heterocycles. The summed E-state index contributed by atoms with van der Waals surface area (Å²) in [7, 11) is 0. The van der Waals surface area contributed by atoms with Crippen molar-refractivity contribution in [3.05, 3.63) is 48.0 Å². The molecule has 3 rings (SSSR count). The molecular weight excluding hydrogens is 292 g/mol. The highest BCUT2D eigenvalue weighted by Gasteiger charge is 2.15. The molecule has 0 aliphatic carbocycles. The van der Waals surface area contributed by atoms with Crippen LogP contribution in [0, 0.1) is 0 Å². The van der Waals surface area contributed by atoms with Gasteiger partial charge in [-0.2, -0.15) is 0 Å². The van der Waals surface area contributed by atoms with E-state index < -0.39 is 6.10 Å². The maximum atomic E-state index is 12.0. The van der Waals surface area contributed by atoms with Gasteiger partial charge in [0.2, 0.25) is 5.91 Å². The van der Waals surface area contributed by atoms with E-state index >= 15 is 0 Å². The number of aliphatic hydroxyl groups is 1. The molecule has 122 valence electrons. The first-order chi connectivity index (χ1) is 11.2. The first-order valence-corrected chi connectivity index (χ1v) is 7.96. The second kappa shape index (κ2) is 7.55. The molecule has 5 nitrogen and oxygen atoms in total. The van der Waals surface area contributed by atoms with Crippen molar-refractivity contribution in [3.63, 3.8) is 0 Å². The third-order valence-corrected chi connectivity index (χ3v) is 4.12. The fourth-order valence-electron chi connectivity index (χ4n) is 2.76. The molecule has 1 fully saturated rings. The number of carbonyl (C=O) groups is 1. The summed E-state index contributed by atoms with van der Waals surface area (Å²) < 4.78 is 5.26. The first-order valence-electron chi connectivity index (χ1n) is 7.96. The van der Waals surface area contributed by atoms with E-state index in [0.717, 1.165) is 29.4 Å². The fraction of sp³-hybridized carbons (Fsp3) is 0.389. The van der Waals surface area contributed by atoms with E-state index in [2.05, 4.69) is 10.2 Å². The molecule has 1 amide bonds. The molecule has 2 aromatic carbocycles. The lowest BCUT2D eigenvalue weighted by Gasteiger charge is -2.26. The minimum Gasteiger partial charge on any atom is -0.387 e. The molecule has 1 aliphatic heterocycles. The average Bonchev–Trinajstić information content (AvgIpc) is 2.60. The van der Waals surface area contributed by atoms with Crippen LogP contribution < -0.4 is 5.32 Å². The van der Waals surface area contributed by atoms with E-state index in [9.17, 15) is 9.90 Å². The van der Waals surface area contributed by atoms with E-state index in [1.54, 1.807) is 0 Å². The molecular formula is C18H22N2O3. The molecule has 0 spiro atoms. The quantitative estimate of drug-likeness (QED) is 0.874. The number of nitrogens with zero attached hydrogens (tertiary/aromatic N) is 1. The van der Waals surface area contributed by atoms with Gasteiger partial charge in [0, 0.05) is 19.6 Å². The lowest BCUT2D eigenvalue weighted by Crippen LogP contribution is -2.43. The third kappa shape index (κ3) is 4.28. The highest BCUT2D eigenvalue weighted by Crippen LogP contribution is 2.20. The van der Waals surface area contributed by atoms with Crippen molar-refractivity contribution >= 4 is 16.7 Å². The summed E-state index contributed by atoms with van der Waals surface area (Å²) in [5.74, 6) is -0.0632. The molecule has 1 unspecified atom stereocenters. The number of hydrogen-bond acceptors (Lipinski definition) is 4. The second-order valence-corrected chi connectivity index (χ2v) is 5.81. The number of morpholine rings is 1. The SMILES string of the molecule is O=C(CN1CCOCC1)NCC(O)c1ccc2ccccc2c1. The number of hydrogen-bond donors (Lipinski definition) is 2. The molecule has 5 heteroatoms. The number of fused-ring (bicyclic) bond motifs is 1. The summed E-state index contributed by atoms with van der Waals surface area (Å²) >= 11 is 0. The normalized spacial score (nSPS) is 17.1. The minimum atomic E-state index is -0.701. The van der Waals surface area contributed by atoms with E-state index in [4.69, 9.17) is 4.74 Å². The van der Waals surface area contributed by atoms with E-state index in [-0.39, 0.29) is 12.5 Å². The molecule has 1 aliphatic rings. The van der Waals surface area contributed by atoms with Crippen LogP contribution in [0.4, 0.5) is 0 Å². The molecule has 0 saturated carbocycles. The van der Waals surface area contributed by atoms with Gasteiger partial charge >= 0.3 is 0 Å². The van der Waals surface area contributed by atoms with Crippen LogP contribution in [0.2, 0.25) is 0 Å². The van der Waals surface area contributed by atoms with Crippen molar-refractivity contribution in [3.8, 4) is 0 Å². The molecule has 0 bridgehead atoms. The van der Waals surface area contributed by atoms with Crippen molar-refractivity contribution in [1.82, 2.24) is 10.2 Å². The van der Waals surface area contributed by atoms with Crippen molar-refractivity contribution in [2.45, 2.75) is 6.10 Å². The van der Waals surface area contributed by atoms with E-state index in [0.29, 0.717) is 19.8 Å². The maximum Gasteiger partial charge on any atom is 0.234 e. The highest BCUT2D eigenvalue weighted by molar-refractivity contribution is 5.83. The van der Waals surface area contributed by atoms with Crippen LogP contribution in [0.5, 0.6) is 0 Å². The summed E-state index contributed by atoms with van der Waals surface area (Å²) in [5, 5.41) is 15.3. The molecule has 2 aromatic rings. The Balaban J connectivity index is 1.53. The lowest BCUT2D eigenvalue weighted by molar-refractivity contribution is -0.123.